The van der Waals surface area contributed by atoms with E-state index in [-0.39, 0.29) is 11.8 Å². The van der Waals surface area contributed by atoms with E-state index >= 15 is 0 Å². The van der Waals surface area contributed by atoms with Crippen molar-refractivity contribution in [3.05, 3.63) is 28.7 Å². The molecule has 0 fully saturated rings. The quantitative estimate of drug-likeness (QED) is 0.835. The van der Waals surface area contributed by atoms with Gasteiger partial charge in [0.1, 0.15) is 12.4 Å². The summed E-state index contributed by atoms with van der Waals surface area (Å²) in [4.78, 5) is 13.5. The largest absolute Gasteiger partial charge is 0.492 e. The number of amides is 1. The lowest BCUT2D eigenvalue weighted by atomic mass is 10.1. The monoisotopic (exact) mass is 328 g/mol. The molecule has 0 heterocycles. The number of halogens is 1. The van der Waals surface area contributed by atoms with Gasteiger partial charge in [-0.2, -0.15) is 0 Å². The van der Waals surface area contributed by atoms with E-state index in [2.05, 4.69) is 15.9 Å². The third kappa shape index (κ3) is 6.07. The zero-order chi connectivity index (χ0) is 14.3. The molecule has 0 spiro atoms. The fourth-order valence-corrected chi connectivity index (χ4v) is 1.76. The molecule has 1 atom stereocenters. The van der Waals surface area contributed by atoms with E-state index < -0.39 is 0 Å². The molecule has 1 aromatic rings. The predicted octanol–water partition coefficient (Wildman–Crippen LogP) is 2.27. The normalized spacial score (nSPS) is 12.0. The van der Waals surface area contributed by atoms with Crippen molar-refractivity contribution < 1.29 is 9.53 Å². The average Bonchev–Trinajstić information content (AvgIpc) is 2.40. The first-order valence-electron chi connectivity index (χ1n) is 6.35. The Hall–Kier alpha value is -1.07. The van der Waals surface area contributed by atoms with E-state index in [4.69, 9.17) is 10.5 Å². The second kappa shape index (κ2) is 8.17. The smallest absolute Gasteiger partial charge is 0.222 e. The summed E-state index contributed by atoms with van der Waals surface area (Å²) < 4.78 is 6.59. The molecule has 0 saturated carbocycles. The van der Waals surface area contributed by atoms with E-state index in [1.165, 1.54) is 0 Å². The van der Waals surface area contributed by atoms with Gasteiger partial charge in [-0.3, -0.25) is 4.79 Å². The van der Waals surface area contributed by atoms with Crippen LogP contribution in [0.5, 0.6) is 5.75 Å². The first-order chi connectivity index (χ1) is 9.02. The van der Waals surface area contributed by atoms with Crippen LogP contribution in [-0.2, 0) is 4.79 Å². The fourth-order valence-electron chi connectivity index (χ4n) is 1.49. The van der Waals surface area contributed by atoms with Crippen LogP contribution in [0.15, 0.2) is 28.7 Å². The molecule has 0 aliphatic carbocycles. The third-order valence-corrected chi connectivity index (χ3v) is 3.39. The van der Waals surface area contributed by atoms with Gasteiger partial charge in [-0.15, -0.1) is 0 Å². The molecule has 0 aliphatic rings. The van der Waals surface area contributed by atoms with Crippen molar-refractivity contribution in [3.8, 4) is 5.75 Å². The molecule has 0 radical (unpaired) electrons. The van der Waals surface area contributed by atoms with E-state index in [9.17, 15) is 4.79 Å². The molecule has 19 heavy (non-hydrogen) atoms. The minimum Gasteiger partial charge on any atom is -0.492 e. The lowest BCUT2D eigenvalue weighted by molar-refractivity contribution is -0.131. The Kier molecular flexibility index (Phi) is 6.87. The Labute approximate surface area is 123 Å². The van der Waals surface area contributed by atoms with Crippen LogP contribution in [0.1, 0.15) is 13.3 Å². The van der Waals surface area contributed by atoms with Gasteiger partial charge in [0.2, 0.25) is 5.91 Å². The molecule has 1 rings (SSSR count). The van der Waals surface area contributed by atoms with Crippen molar-refractivity contribution in [3.63, 3.8) is 0 Å². The zero-order valence-electron chi connectivity index (χ0n) is 11.4. The number of likely N-dealkylation sites (N-methyl/N-ethyl adjacent to an activating group) is 1. The Balaban J connectivity index is 2.28. The van der Waals surface area contributed by atoms with Gasteiger partial charge in [-0.25, -0.2) is 0 Å². The SMILES string of the molecule is CC(CN)CC(=O)N(C)CCOc1ccc(Br)cc1. The molecule has 0 aromatic heterocycles. The van der Waals surface area contributed by atoms with E-state index in [0.29, 0.717) is 26.1 Å². The van der Waals surface area contributed by atoms with Crippen molar-refractivity contribution in [1.29, 1.82) is 0 Å². The van der Waals surface area contributed by atoms with Crippen LogP contribution in [0.3, 0.4) is 0 Å². The van der Waals surface area contributed by atoms with Gasteiger partial charge < -0.3 is 15.4 Å². The van der Waals surface area contributed by atoms with Gasteiger partial charge in [-0.1, -0.05) is 22.9 Å². The van der Waals surface area contributed by atoms with Crippen LogP contribution in [0.2, 0.25) is 0 Å². The summed E-state index contributed by atoms with van der Waals surface area (Å²) in [7, 11) is 1.79. The van der Waals surface area contributed by atoms with Crippen molar-refractivity contribution in [2.24, 2.45) is 11.7 Å². The number of nitrogens with two attached hydrogens (primary N) is 1. The summed E-state index contributed by atoms with van der Waals surface area (Å²) in [6, 6.07) is 7.63. The first-order valence-corrected chi connectivity index (χ1v) is 7.14. The Bertz CT molecular complexity index is 395. The molecule has 1 unspecified atom stereocenters. The molecule has 0 saturated heterocycles. The minimum atomic E-state index is 0.109. The molecule has 4 nitrogen and oxygen atoms in total. The summed E-state index contributed by atoms with van der Waals surface area (Å²) in [5, 5.41) is 0. The van der Waals surface area contributed by atoms with Gasteiger partial charge in [0.25, 0.3) is 0 Å². The molecule has 0 bridgehead atoms. The fraction of sp³-hybridized carbons (Fsp3) is 0.500. The van der Waals surface area contributed by atoms with Crippen LogP contribution < -0.4 is 10.5 Å². The molecular formula is C14H21BrN2O2. The maximum absolute atomic E-state index is 11.8. The second-order valence-corrected chi connectivity index (χ2v) is 5.58. The van der Waals surface area contributed by atoms with Gasteiger partial charge in [0, 0.05) is 17.9 Å². The number of rotatable bonds is 7. The third-order valence-electron chi connectivity index (χ3n) is 2.86. The van der Waals surface area contributed by atoms with Crippen molar-refractivity contribution in [2.75, 3.05) is 26.7 Å². The highest BCUT2D eigenvalue weighted by Gasteiger charge is 2.12. The number of carbonyl (C=O) groups excluding carboxylic acids is 1. The number of ether oxygens (including phenoxy) is 1. The molecule has 2 N–H and O–H groups in total. The molecule has 5 heteroatoms. The summed E-state index contributed by atoms with van der Waals surface area (Å²) in [5.41, 5.74) is 5.51. The zero-order valence-corrected chi connectivity index (χ0v) is 13.0. The lowest BCUT2D eigenvalue weighted by Crippen LogP contribution is -2.32. The van der Waals surface area contributed by atoms with Crippen LogP contribution in [-0.4, -0.2) is 37.6 Å². The van der Waals surface area contributed by atoms with Gasteiger partial charge in [0.15, 0.2) is 0 Å². The first kappa shape index (κ1) is 16.0. The summed E-state index contributed by atoms with van der Waals surface area (Å²) in [5.74, 6) is 1.14. The number of hydrogen-bond acceptors (Lipinski definition) is 3. The highest BCUT2D eigenvalue weighted by Crippen LogP contribution is 2.15. The van der Waals surface area contributed by atoms with Gasteiger partial charge in [0.05, 0.1) is 6.54 Å². The topological polar surface area (TPSA) is 55.6 Å². The Morgan fingerprint density at radius 2 is 2.05 bits per heavy atom. The average molecular weight is 329 g/mol. The lowest BCUT2D eigenvalue weighted by Gasteiger charge is -2.19. The molecule has 106 valence electrons. The van der Waals surface area contributed by atoms with E-state index in [1.807, 2.05) is 31.2 Å². The van der Waals surface area contributed by atoms with Gasteiger partial charge in [-0.05, 0) is 36.7 Å². The van der Waals surface area contributed by atoms with Gasteiger partial charge >= 0.3 is 0 Å². The number of carbonyl (C=O) groups is 1. The van der Waals surface area contributed by atoms with Crippen LogP contribution in [0.4, 0.5) is 0 Å². The Morgan fingerprint density at radius 1 is 1.42 bits per heavy atom. The van der Waals surface area contributed by atoms with Crippen molar-refractivity contribution >= 4 is 21.8 Å². The molecule has 1 amide bonds. The second-order valence-electron chi connectivity index (χ2n) is 4.66. The predicted molar refractivity (Wildman–Crippen MR) is 80.1 cm³/mol. The standard InChI is InChI=1S/C14H21BrN2O2/c1-11(10-16)9-14(18)17(2)7-8-19-13-5-3-12(15)4-6-13/h3-6,11H,7-10,16H2,1-2H3. The maximum Gasteiger partial charge on any atom is 0.222 e. The van der Waals surface area contributed by atoms with Crippen molar-refractivity contribution in [1.82, 2.24) is 4.90 Å². The van der Waals surface area contributed by atoms with E-state index in [1.54, 1.807) is 11.9 Å². The summed E-state index contributed by atoms with van der Waals surface area (Å²) >= 11 is 3.37. The van der Waals surface area contributed by atoms with E-state index in [0.717, 1.165) is 10.2 Å². The molecule has 1 aromatic carbocycles. The number of nitrogens with zero attached hydrogens (tertiary/aromatic N) is 1. The summed E-state index contributed by atoms with van der Waals surface area (Å²) in [6.07, 6.45) is 0.491. The maximum atomic E-state index is 11.8. The number of hydrogen-bond donors (Lipinski definition) is 1. The van der Waals surface area contributed by atoms with Crippen LogP contribution >= 0.6 is 15.9 Å². The highest BCUT2D eigenvalue weighted by molar-refractivity contribution is 9.10. The number of benzene rings is 1. The summed E-state index contributed by atoms with van der Waals surface area (Å²) in [6.45, 7) is 3.58. The molecular weight excluding hydrogens is 308 g/mol. The minimum absolute atomic E-state index is 0.109. The van der Waals surface area contributed by atoms with Crippen LogP contribution in [0.25, 0.3) is 0 Å². The van der Waals surface area contributed by atoms with Crippen LogP contribution in [0, 0.1) is 5.92 Å². The van der Waals surface area contributed by atoms with Crippen molar-refractivity contribution in [2.45, 2.75) is 13.3 Å². The molecule has 0 aliphatic heterocycles. The Morgan fingerprint density at radius 3 is 2.63 bits per heavy atom. The highest BCUT2D eigenvalue weighted by atomic mass is 79.9.